The number of nitrogens with zero attached hydrogens (tertiary/aromatic N) is 2. The predicted molar refractivity (Wildman–Crippen MR) is 83.8 cm³/mol. The van der Waals surface area contributed by atoms with E-state index >= 15 is 0 Å². The Kier molecular flexibility index (Phi) is 3.79. The average molecular weight is 271 g/mol. The molecule has 1 fully saturated rings. The summed E-state index contributed by atoms with van der Waals surface area (Å²) in [5.74, 6) is 1.24. The summed E-state index contributed by atoms with van der Waals surface area (Å²) < 4.78 is 2.42. The summed E-state index contributed by atoms with van der Waals surface area (Å²) in [6, 6.07) is 8.49. The van der Waals surface area contributed by atoms with Crippen LogP contribution < -0.4 is 5.73 Å². The molecule has 0 atom stereocenters. The topological polar surface area (TPSA) is 43.8 Å². The van der Waals surface area contributed by atoms with Gasteiger partial charge in [-0.2, -0.15) is 0 Å². The highest BCUT2D eigenvalue weighted by Gasteiger charge is 2.37. The van der Waals surface area contributed by atoms with Gasteiger partial charge in [-0.1, -0.05) is 38.3 Å². The Hall–Kier alpha value is -1.35. The number of rotatable bonds is 4. The molecule has 20 heavy (non-hydrogen) atoms. The minimum Gasteiger partial charge on any atom is -0.329 e. The van der Waals surface area contributed by atoms with E-state index in [1.165, 1.54) is 43.4 Å². The second kappa shape index (κ2) is 5.57. The molecule has 1 aliphatic carbocycles. The van der Waals surface area contributed by atoms with Gasteiger partial charge in [-0.05, 0) is 31.4 Å². The van der Waals surface area contributed by atoms with Gasteiger partial charge in [0.15, 0.2) is 0 Å². The molecule has 0 spiro atoms. The van der Waals surface area contributed by atoms with E-state index < -0.39 is 0 Å². The van der Waals surface area contributed by atoms with E-state index in [9.17, 15) is 0 Å². The molecule has 3 nitrogen and oxygen atoms in total. The van der Waals surface area contributed by atoms with Crippen LogP contribution in [-0.4, -0.2) is 16.1 Å². The Labute approximate surface area is 121 Å². The molecule has 108 valence electrons. The summed E-state index contributed by atoms with van der Waals surface area (Å²) in [5, 5.41) is 0. The molecule has 0 unspecified atom stereocenters. The molecule has 0 saturated heterocycles. The van der Waals surface area contributed by atoms with Gasteiger partial charge in [-0.25, -0.2) is 4.98 Å². The van der Waals surface area contributed by atoms with Gasteiger partial charge in [0.05, 0.1) is 11.0 Å². The first-order valence-corrected chi connectivity index (χ1v) is 7.96. The number of nitrogens with two attached hydrogens (primary N) is 1. The smallest absolute Gasteiger partial charge is 0.117 e. The van der Waals surface area contributed by atoms with Crippen LogP contribution in [0.4, 0.5) is 0 Å². The fourth-order valence-electron chi connectivity index (χ4n) is 3.68. The number of imidazole rings is 1. The Morgan fingerprint density at radius 1 is 1.20 bits per heavy atom. The quantitative estimate of drug-likeness (QED) is 0.923. The minimum atomic E-state index is 0.104. The number of hydrogen-bond donors (Lipinski definition) is 1. The molecule has 3 heteroatoms. The molecule has 0 radical (unpaired) electrons. The summed E-state index contributed by atoms with van der Waals surface area (Å²) in [6.07, 6.45) is 7.43. The van der Waals surface area contributed by atoms with E-state index in [2.05, 4.69) is 35.8 Å². The third-order valence-electron chi connectivity index (χ3n) is 4.78. The molecule has 1 aromatic heterocycles. The first-order valence-electron chi connectivity index (χ1n) is 7.96. The third-order valence-corrected chi connectivity index (χ3v) is 4.78. The fraction of sp³-hybridized carbons (Fsp3) is 0.588. The molecule has 0 aliphatic heterocycles. The summed E-state index contributed by atoms with van der Waals surface area (Å²) in [4.78, 5) is 4.98. The highest BCUT2D eigenvalue weighted by molar-refractivity contribution is 5.76. The lowest BCUT2D eigenvalue weighted by Crippen LogP contribution is -2.39. The summed E-state index contributed by atoms with van der Waals surface area (Å²) >= 11 is 0. The van der Waals surface area contributed by atoms with Crippen LogP contribution in [0.5, 0.6) is 0 Å². The van der Waals surface area contributed by atoms with Crippen molar-refractivity contribution in [2.45, 2.75) is 57.4 Å². The number of fused-ring (bicyclic) bond motifs is 1. The maximum Gasteiger partial charge on any atom is 0.117 e. The molecule has 1 heterocycles. The van der Waals surface area contributed by atoms with E-state index in [1.54, 1.807) is 0 Å². The summed E-state index contributed by atoms with van der Waals surface area (Å²) in [7, 11) is 0. The molecular formula is C17H25N3. The largest absolute Gasteiger partial charge is 0.329 e. The maximum atomic E-state index is 6.20. The number of aromatic nitrogens is 2. The summed E-state index contributed by atoms with van der Waals surface area (Å²) in [6.45, 7) is 3.99. The van der Waals surface area contributed by atoms with Crippen molar-refractivity contribution in [3.63, 3.8) is 0 Å². The van der Waals surface area contributed by atoms with Crippen LogP contribution in [-0.2, 0) is 12.0 Å². The van der Waals surface area contributed by atoms with E-state index in [-0.39, 0.29) is 5.41 Å². The van der Waals surface area contributed by atoms with Gasteiger partial charge in [-0.3, -0.25) is 0 Å². The highest BCUT2D eigenvalue weighted by Crippen LogP contribution is 2.39. The zero-order chi connectivity index (χ0) is 14.0. The van der Waals surface area contributed by atoms with Crippen molar-refractivity contribution >= 4 is 11.0 Å². The second-order valence-electron chi connectivity index (χ2n) is 6.12. The predicted octanol–water partition coefficient (Wildman–Crippen LogP) is 3.61. The zero-order valence-corrected chi connectivity index (χ0v) is 12.4. The molecule has 2 N–H and O–H groups in total. The zero-order valence-electron chi connectivity index (χ0n) is 12.4. The third kappa shape index (κ3) is 2.14. The van der Waals surface area contributed by atoms with Crippen LogP contribution in [0, 0.1) is 0 Å². The van der Waals surface area contributed by atoms with Crippen LogP contribution in [0.15, 0.2) is 24.3 Å². The van der Waals surface area contributed by atoms with Crippen LogP contribution >= 0.6 is 0 Å². The SMILES string of the molecule is CCCn1c(C2(CN)CCCCC2)nc2ccccc21. The van der Waals surface area contributed by atoms with Crippen molar-refractivity contribution in [1.82, 2.24) is 9.55 Å². The van der Waals surface area contributed by atoms with Crippen molar-refractivity contribution in [3.8, 4) is 0 Å². The number of hydrogen-bond acceptors (Lipinski definition) is 2. The minimum absolute atomic E-state index is 0.104. The lowest BCUT2D eigenvalue weighted by atomic mass is 9.73. The van der Waals surface area contributed by atoms with Gasteiger partial charge in [0, 0.05) is 18.5 Å². The monoisotopic (exact) mass is 271 g/mol. The van der Waals surface area contributed by atoms with Gasteiger partial charge in [0.1, 0.15) is 5.82 Å². The van der Waals surface area contributed by atoms with Crippen molar-refractivity contribution in [3.05, 3.63) is 30.1 Å². The van der Waals surface area contributed by atoms with Crippen LogP contribution in [0.3, 0.4) is 0 Å². The average Bonchev–Trinajstić information content (AvgIpc) is 2.88. The maximum absolute atomic E-state index is 6.20. The molecule has 3 rings (SSSR count). The van der Waals surface area contributed by atoms with Crippen LogP contribution in [0.2, 0.25) is 0 Å². The van der Waals surface area contributed by atoms with Crippen molar-refractivity contribution in [2.24, 2.45) is 5.73 Å². The van der Waals surface area contributed by atoms with Gasteiger partial charge in [-0.15, -0.1) is 0 Å². The Morgan fingerprint density at radius 2 is 1.95 bits per heavy atom. The van der Waals surface area contributed by atoms with E-state index in [4.69, 9.17) is 10.7 Å². The van der Waals surface area contributed by atoms with Gasteiger partial charge < -0.3 is 10.3 Å². The van der Waals surface area contributed by atoms with E-state index in [0.717, 1.165) is 25.0 Å². The fourth-order valence-corrected chi connectivity index (χ4v) is 3.68. The first-order chi connectivity index (χ1) is 9.80. The van der Waals surface area contributed by atoms with Crippen molar-refractivity contribution < 1.29 is 0 Å². The van der Waals surface area contributed by atoms with Crippen molar-refractivity contribution in [1.29, 1.82) is 0 Å². The Balaban J connectivity index is 2.15. The lowest BCUT2D eigenvalue weighted by Gasteiger charge is -2.36. The second-order valence-corrected chi connectivity index (χ2v) is 6.12. The number of aryl methyl sites for hydroxylation is 1. The number of benzene rings is 1. The molecule has 0 amide bonds. The normalized spacial score (nSPS) is 18.5. The van der Waals surface area contributed by atoms with E-state index in [1.807, 2.05) is 0 Å². The molecule has 2 aromatic rings. The molecule has 1 aliphatic rings. The van der Waals surface area contributed by atoms with Gasteiger partial charge in [0.25, 0.3) is 0 Å². The Morgan fingerprint density at radius 3 is 2.65 bits per heavy atom. The van der Waals surface area contributed by atoms with Crippen LogP contribution in [0.1, 0.15) is 51.3 Å². The number of para-hydroxylation sites is 2. The molecule has 0 bridgehead atoms. The Bertz CT molecular complexity index is 579. The standard InChI is InChI=1S/C17H25N3/c1-2-12-20-15-9-5-4-8-14(15)19-16(20)17(13-18)10-6-3-7-11-17/h4-5,8-9H,2-3,6-7,10-13,18H2,1H3. The van der Waals surface area contributed by atoms with E-state index in [0.29, 0.717) is 0 Å². The van der Waals surface area contributed by atoms with Crippen molar-refractivity contribution in [2.75, 3.05) is 6.54 Å². The first kappa shape index (κ1) is 13.6. The van der Waals surface area contributed by atoms with Gasteiger partial charge >= 0.3 is 0 Å². The molecular weight excluding hydrogens is 246 g/mol. The highest BCUT2D eigenvalue weighted by atomic mass is 15.1. The summed E-state index contributed by atoms with van der Waals surface area (Å²) in [5.41, 5.74) is 8.69. The lowest BCUT2D eigenvalue weighted by molar-refractivity contribution is 0.277. The van der Waals surface area contributed by atoms with Crippen LogP contribution in [0.25, 0.3) is 11.0 Å². The molecule has 1 aromatic carbocycles. The van der Waals surface area contributed by atoms with Gasteiger partial charge in [0.2, 0.25) is 0 Å². The molecule has 1 saturated carbocycles.